The van der Waals surface area contributed by atoms with E-state index in [1.807, 2.05) is 12.1 Å². The number of anilines is 2. The molecule has 1 atom stereocenters. The number of hydrogen-bond acceptors (Lipinski definition) is 4. The Bertz CT molecular complexity index is 795. The van der Waals surface area contributed by atoms with Gasteiger partial charge in [-0.2, -0.15) is 0 Å². The number of unbranched alkanes of at least 4 members (excludes halogenated alkanes) is 1. The molecule has 7 nitrogen and oxygen atoms in total. The van der Waals surface area contributed by atoms with Gasteiger partial charge in [0, 0.05) is 32.1 Å². The standard InChI is InChI=1S/C21H28N4O3/c1-5-6-9-19(16-8-7-12-22-14-16)25(3)21(27)24-17-10-11-20(28-4)18(13-17)23-15(2)26/h7-8,10-14,19H,5-6,9H2,1-4H3,(H,23,26)(H,24,27). The number of carbonyl (C=O) groups is 2. The summed E-state index contributed by atoms with van der Waals surface area (Å²) in [6, 6.07) is 8.68. The summed E-state index contributed by atoms with van der Waals surface area (Å²) in [5.74, 6) is 0.313. The Hall–Kier alpha value is -3.09. The summed E-state index contributed by atoms with van der Waals surface area (Å²) in [5, 5.41) is 5.60. The highest BCUT2D eigenvalue weighted by Crippen LogP contribution is 2.29. The Morgan fingerprint density at radius 1 is 1.25 bits per heavy atom. The number of nitrogens with one attached hydrogen (secondary N) is 2. The zero-order chi connectivity index (χ0) is 20.5. The van der Waals surface area contributed by atoms with Gasteiger partial charge >= 0.3 is 6.03 Å². The Labute approximate surface area is 166 Å². The lowest BCUT2D eigenvalue weighted by Crippen LogP contribution is -2.35. The van der Waals surface area contributed by atoms with Gasteiger partial charge in [-0.3, -0.25) is 9.78 Å². The van der Waals surface area contributed by atoms with Crippen molar-refractivity contribution in [1.82, 2.24) is 9.88 Å². The molecule has 7 heteroatoms. The van der Waals surface area contributed by atoms with Crippen LogP contribution in [-0.4, -0.2) is 36.0 Å². The van der Waals surface area contributed by atoms with Gasteiger partial charge in [0.15, 0.2) is 0 Å². The number of urea groups is 1. The van der Waals surface area contributed by atoms with Crippen LogP contribution in [-0.2, 0) is 4.79 Å². The number of aromatic nitrogens is 1. The number of benzene rings is 1. The summed E-state index contributed by atoms with van der Waals surface area (Å²) in [6.45, 7) is 3.55. The zero-order valence-electron chi connectivity index (χ0n) is 16.9. The Morgan fingerprint density at radius 2 is 2.04 bits per heavy atom. The van der Waals surface area contributed by atoms with Crippen molar-refractivity contribution in [2.45, 2.75) is 39.2 Å². The number of ether oxygens (including phenoxy) is 1. The first-order chi connectivity index (χ1) is 13.5. The third-order valence-corrected chi connectivity index (χ3v) is 4.45. The summed E-state index contributed by atoms with van der Waals surface area (Å²) in [6.07, 6.45) is 6.43. The Morgan fingerprint density at radius 3 is 2.64 bits per heavy atom. The van der Waals surface area contributed by atoms with Crippen molar-refractivity contribution in [3.8, 4) is 5.75 Å². The van der Waals surface area contributed by atoms with Crippen LogP contribution in [0.3, 0.4) is 0 Å². The molecule has 1 aromatic carbocycles. The molecule has 0 radical (unpaired) electrons. The second-order valence-corrected chi connectivity index (χ2v) is 6.58. The first-order valence-corrected chi connectivity index (χ1v) is 9.35. The molecule has 3 amide bonds. The number of amides is 3. The maximum atomic E-state index is 12.9. The number of rotatable bonds is 8. The van der Waals surface area contributed by atoms with Crippen LogP contribution in [0.4, 0.5) is 16.2 Å². The third-order valence-electron chi connectivity index (χ3n) is 4.45. The highest BCUT2D eigenvalue weighted by Gasteiger charge is 2.22. The molecule has 0 spiro atoms. The number of nitrogens with zero attached hydrogens (tertiary/aromatic N) is 2. The largest absolute Gasteiger partial charge is 0.495 e. The molecule has 1 unspecified atom stereocenters. The van der Waals surface area contributed by atoms with Gasteiger partial charge in [0.05, 0.1) is 18.8 Å². The van der Waals surface area contributed by atoms with E-state index in [0.717, 1.165) is 24.8 Å². The molecule has 0 saturated heterocycles. The molecule has 2 rings (SSSR count). The fourth-order valence-corrected chi connectivity index (χ4v) is 2.98. The summed E-state index contributed by atoms with van der Waals surface area (Å²) >= 11 is 0. The van der Waals surface area contributed by atoms with Gasteiger partial charge in [-0.25, -0.2) is 4.79 Å². The average Bonchev–Trinajstić information content (AvgIpc) is 2.68. The predicted octanol–water partition coefficient (Wildman–Crippen LogP) is 4.44. The van der Waals surface area contributed by atoms with Gasteiger partial charge < -0.3 is 20.3 Å². The Kier molecular flexibility index (Phi) is 7.80. The molecule has 0 saturated carbocycles. The second-order valence-electron chi connectivity index (χ2n) is 6.58. The summed E-state index contributed by atoms with van der Waals surface area (Å²) in [5.41, 5.74) is 2.08. The maximum Gasteiger partial charge on any atom is 0.322 e. The van der Waals surface area contributed by atoms with Crippen molar-refractivity contribution in [3.05, 3.63) is 48.3 Å². The van der Waals surface area contributed by atoms with Gasteiger partial charge in [-0.15, -0.1) is 0 Å². The van der Waals surface area contributed by atoms with E-state index in [0.29, 0.717) is 17.1 Å². The summed E-state index contributed by atoms with van der Waals surface area (Å²) in [7, 11) is 3.31. The fraction of sp³-hybridized carbons (Fsp3) is 0.381. The second kappa shape index (κ2) is 10.3. The van der Waals surface area contributed by atoms with E-state index in [9.17, 15) is 9.59 Å². The lowest BCUT2D eigenvalue weighted by molar-refractivity contribution is -0.114. The lowest BCUT2D eigenvalue weighted by atomic mass is 10.0. The number of carbonyl (C=O) groups excluding carboxylic acids is 2. The zero-order valence-corrected chi connectivity index (χ0v) is 16.9. The van der Waals surface area contributed by atoms with Crippen molar-refractivity contribution in [3.63, 3.8) is 0 Å². The van der Waals surface area contributed by atoms with Crippen molar-refractivity contribution in [1.29, 1.82) is 0 Å². The first-order valence-electron chi connectivity index (χ1n) is 9.35. The molecule has 28 heavy (non-hydrogen) atoms. The van der Waals surface area contributed by atoms with E-state index in [1.165, 1.54) is 14.0 Å². The van der Waals surface area contributed by atoms with Gasteiger partial charge in [0.25, 0.3) is 0 Å². The molecule has 0 aliphatic heterocycles. The van der Waals surface area contributed by atoms with Crippen molar-refractivity contribution in [2.24, 2.45) is 0 Å². The first kappa shape index (κ1) is 21.2. The van der Waals surface area contributed by atoms with E-state index in [1.54, 1.807) is 42.5 Å². The monoisotopic (exact) mass is 384 g/mol. The SMILES string of the molecule is CCCCC(c1cccnc1)N(C)C(=O)Nc1ccc(OC)c(NC(C)=O)c1. The van der Waals surface area contributed by atoms with Crippen LogP contribution in [0.5, 0.6) is 5.75 Å². The minimum Gasteiger partial charge on any atom is -0.495 e. The quantitative estimate of drug-likeness (QED) is 0.704. The third kappa shape index (κ3) is 5.70. The van der Waals surface area contributed by atoms with E-state index >= 15 is 0 Å². The molecular formula is C21H28N4O3. The topological polar surface area (TPSA) is 83.6 Å². The van der Waals surface area contributed by atoms with Crippen LogP contribution in [0.1, 0.15) is 44.7 Å². The van der Waals surface area contributed by atoms with Gasteiger partial charge in [0.1, 0.15) is 5.75 Å². The molecule has 0 fully saturated rings. The molecule has 2 N–H and O–H groups in total. The van der Waals surface area contributed by atoms with Crippen LogP contribution >= 0.6 is 0 Å². The van der Waals surface area contributed by atoms with Crippen LogP contribution in [0, 0.1) is 0 Å². The summed E-state index contributed by atoms with van der Waals surface area (Å²) < 4.78 is 5.25. The van der Waals surface area contributed by atoms with E-state index < -0.39 is 0 Å². The van der Waals surface area contributed by atoms with Crippen LogP contribution in [0.15, 0.2) is 42.7 Å². The minimum atomic E-state index is -0.233. The number of methoxy groups -OCH3 is 1. The van der Waals surface area contributed by atoms with E-state index in [4.69, 9.17) is 4.74 Å². The van der Waals surface area contributed by atoms with E-state index in [2.05, 4.69) is 22.5 Å². The van der Waals surface area contributed by atoms with Crippen LogP contribution in [0.2, 0.25) is 0 Å². The molecule has 1 heterocycles. The molecule has 0 bridgehead atoms. The molecule has 0 aliphatic rings. The predicted molar refractivity (Wildman–Crippen MR) is 111 cm³/mol. The summed E-state index contributed by atoms with van der Waals surface area (Å²) in [4.78, 5) is 30.1. The molecule has 0 aliphatic carbocycles. The molecule has 150 valence electrons. The lowest BCUT2D eigenvalue weighted by Gasteiger charge is -2.28. The van der Waals surface area contributed by atoms with Gasteiger partial charge in [-0.05, 0) is 36.2 Å². The van der Waals surface area contributed by atoms with Crippen LogP contribution < -0.4 is 15.4 Å². The highest BCUT2D eigenvalue weighted by atomic mass is 16.5. The van der Waals surface area contributed by atoms with Crippen molar-refractivity contribution < 1.29 is 14.3 Å². The molecule has 1 aromatic heterocycles. The van der Waals surface area contributed by atoms with E-state index in [-0.39, 0.29) is 18.0 Å². The molecular weight excluding hydrogens is 356 g/mol. The number of hydrogen-bond donors (Lipinski definition) is 2. The highest BCUT2D eigenvalue weighted by molar-refractivity contribution is 5.94. The van der Waals surface area contributed by atoms with Crippen molar-refractivity contribution >= 4 is 23.3 Å². The molecule has 2 aromatic rings. The van der Waals surface area contributed by atoms with Gasteiger partial charge in [0.2, 0.25) is 5.91 Å². The smallest absolute Gasteiger partial charge is 0.322 e. The number of pyridine rings is 1. The fourth-order valence-electron chi connectivity index (χ4n) is 2.98. The van der Waals surface area contributed by atoms with Gasteiger partial charge in [-0.1, -0.05) is 25.8 Å². The Balaban J connectivity index is 2.18. The van der Waals surface area contributed by atoms with Crippen molar-refractivity contribution in [2.75, 3.05) is 24.8 Å². The normalized spacial score (nSPS) is 11.4. The maximum absolute atomic E-state index is 12.9. The average molecular weight is 384 g/mol. The minimum absolute atomic E-state index is 0.0679. The van der Waals surface area contributed by atoms with Crippen LogP contribution in [0.25, 0.3) is 0 Å².